The molecule has 0 heterocycles. The zero-order valence-corrected chi connectivity index (χ0v) is 16.9. The van der Waals surface area contributed by atoms with Gasteiger partial charge in [-0.1, -0.05) is 108 Å². The van der Waals surface area contributed by atoms with Crippen molar-refractivity contribution < 1.29 is 0 Å². The first kappa shape index (κ1) is 22.0. The molecule has 0 fully saturated rings. The monoisotopic (exact) mass is 361 g/mol. The Balaban J connectivity index is 1.92. The lowest BCUT2D eigenvalue weighted by atomic mass is 10.0. The maximum atomic E-state index is 9.15. The molecule has 0 radical (unpaired) electrons. The Morgan fingerprint density at radius 1 is 0.760 bits per heavy atom. The zero-order valence-electron chi connectivity index (χ0n) is 16.2. The standard InChI is InChI=1S/C23H36ClN/c1-2-3-4-5-6-7-8-9-10-11-12-13-14-15-18-22-21(20-25)17-16-19-23(22)24/h16-17,19H,2-15,18H2,1H3. The van der Waals surface area contributed by atoms with Crippen LogP contribution in [0, 0.1) is 11.3 Å². The fourth-order valence-electron chi connectivity index (χ4n) is 3.41. The molecule has 140 valence electrons. The van der Waals surface area contributed by atoms with Crippen molar-refractivity contribution >= 4 is 11.6 Å². The van der Waals surface area contributed by atoms with Gasteiger partial charge in [0.1, 0.15) is 0 Å². The summed E-state index contributed by atoms with van der Waals surface area (Å²) in [5.74, 6) is 0. The highest BCUT2D eigenvalue weighted by Gasteiger charge is 2.06. The summed E-state index contributed by atoms with van der Waals surface area (Å²) in [6.07, 6.45) is 20.1. The Hall–Kier alpha value is -1.00. The summed E-state index contributed by atoms with van der Waals surface area (Å²) in [6.45, 7) is 2.28. The lowest BCUT2D eigenvalue weighted by Gasteiger charge is -2.06. The van der Waals surface area contributed by atoms with Crippen molar-refractivity contribution in [2.24, 2.45) is 0 Å². The Morgan fingerprint density at radius 2 is 1.24 bits per heavy atom. The number of nitriles is 1. The molecule has 2 heteroatoms. The minimum atomic E-state index is 0.738. The maximum absolute atomic E-state index is 9.15. The van der Waals surface area contributed by atoms with Crippen molar-refractivity contribution in [2.75, 3.05) is 0 Å². The van der Waals surface area contributed by atoms with Crippen LogP contribution in [-0.2, 0) is 6.42 Å². The fraction of sp³-hybridized carbons (Fsp3) is 0.696. The Morgan fingerprint density at radius 3 is 1.72 bits per heavy atom. The Bertz CT molecular complexity index is 489. The molecule has 25 heavy (non-hydrogen) atoms. The van der Waals surface area contributed by atoms with Gasteiger partial charge in [0.15, 0.2) is 0 Å². The van der Waals surface area contributed by atoms with E-state index in [9.17, 15) is 0 Å². The van der Waals surface area contributed by atoms with Crippen LogP contribution in [-0.4, -0.2) is 0 Å². The van der Waals surface area contributed by atoms with Crippen LogP contribution in [0.1, 0.15) is 108 Å². The van der Waals surface area contributed by atoms with Crippen molar-refractivity contribution in [3.8, 4) is 6.07 Å². The SMILES string of the molecule is CCCCCCCCCCCCCCCCc1c(Cl)cccc1C#N. The summed E-state index contributed by atoms with van der Waals surface area (Å²) in [7, 11) is 0. The van der Waals surface area contributed by atoms with Gasteiger partial charge in [-0.3, -0.25) is 0 Å². The summed E-state index contributed by atoms with van der Waals surface area (Å²) >= 11 is 6.22. The van der Waals surface area contributed by atoms with E-state index in [1.165, 1.54) is 83.5 Å². The molecule has 0 unspecified atom stereocenters. The third-order valence-corrected chi connectivity index (χ3v) is 5.37. The second-order valence-electron chi connectivity index (χ2n) is 7.22. The van der Waals surface area contributed by atoms with Gasteiger partial charge in [0.25, 0.3) is 0 Å². The van der Waals surface area contributed by atoms with Crippen LogP contribution in [0.3, 0.4) is 0 Å². The van der Waals surface area contributed by atoms with Gasteiger partial charge in [-0.15, -0.1) is 0 Å². The van der Waals surface area contributed by atoms with Gasteiger partial charge in [-0.25, -0.2) is 0 Å². The summed E-state index contributed by atoms with van der Waals surface area (Å²) in [6, 6.07) is 7.86. The fourth-order valence-corrected chi connectivity index (χ4v) is 3.68. The minimum absolute atomic E-state index is 0.738. The van der Waals surface area contributed by atoms with Crippen molar-refractivity contribution in [3.63, 3.8) is 0 Å². The molecule has 0 saturated carbocycles. The highest BCUT2D eigenvalue weighted by atomic mass is 35.5. The third-order valence-electron chi connectivity index (χ3n) is 5.02. The molecule has 0 spiro atoms. The number of hydrogen-bond donors (Lipinski definition) is 0. The largest absolute Gasteiger partial charge is 0.192 e. The smallest absolute Gasteiger partial charge is 0.0995 e. The van der Waals surface area contributed by atoms with Gasteiger partial charge in [0.05, 0.1) is 11.6 Å². The van der Waals surface area contributed by atoms with Gasteiger partial charge < -0.3 is 0 Å². The number of halogens is 1. The second kappa shape index (κ2) is 15.3. The minimum Gasteiger partial charge on any atom is -0.192 e. The highest BCUT2D eigenvalue weighted by Crippen LogP contribution is 2.22. The van der Waals surface area contributed by atoms with E-state index in [4.69, 9.17) is 16.9 Å². The average molecular weight is 362 g/mol. The summed E-state index contributed by atoms with van der Waals surface area (Å²) < 4.78 is 0. The quantitative estimate of drug-likeness (QED) is 0.288. The molecule has 1 nitrogen and oxygen atoms in total. The summed E-state index contributed by atoms with van der Waals surface area (Å²) in [4.78, 5) is 0. The van der Waals surface area contributed by atoms with Crippen LogP contribution in [0.5, 0.6) is 0 Å². The molecular weight excluding hydrogens is 326 g/mol. The molecule has 1 aromatic rings. The predicted octanol–water partition coefficient (Wildman–Crippen LogP) is 8.24. The van der Waals surface area contributed by atoms with E-state index in [0.717, 1.165) is 29.0 Å². The van der Waals surface area contributed by atoms with E-state index in [0.29, 0.717) is 0 Å². The highest BCUT2D eigenvalue weighted by molar-refractivity contribution is 6.31. The Kier molecular flexibility index (Phi) is 13.5. The van der Waals surface area contributed by atoms with E-state index in [-0.39, 0.29) is 0 Å². The van der Waals surface area contributed by atoms with Crippen LogP contribution in [0.15, 0.2) is 18.2 Å². The molecule has 0 amide bonds. The topological polar surface area (TPSA) is 23.8 Å². The average Bonchev–Trinajstić information content (AvgIpc) is 2.63. The first-order valence-electron chi connectivity index (χ1n) is 10.5. The van der Waals surface area contributed by atoms with Crippen molar-refractivity contribution in [1.82, 2.24) is 0 Å². The van der Waals surface area contributed by atoms with Crippen LogP contribution in [0.4, 0.5) is 0 Å². The molecule has 0 N–H and O–H groups in total. The van der Waals surface area contributed by atoms with E-state index in [1.807, 2.05) is 18.2 Å². The van der Waals surface area contributed by atoms with Crippen LogP contribution >= 0.6 is 11.6 Å². The summed E-state index contributed by atoms with van der Waals surface area (Å²) in [5.41, 5.74) is 1.77. The first-order valence-corrected chi connectivity index (χ1v) is 10.8. The zero-order chi connectivity index (χ0) is 18.2. The number of unbranched alkanes of at least 4 members (excludes halogenated alkanes) is 13. The number of nitrogens with zero attached hydrogens (tertiary/aromatic N) is 1. The predicted molar refractivity (Wildman–Crippen MR) is 110 cm³/mol. The molecule has 0 aliphatic heterocycles. The van der Waals surface area contributed by atoms with Gasteiger partial charge in [-0.2, -0.15) is 5.26 Å². The van der Waals surface area contributed by atoms with E-state index >= 15 is 0 Å². The molecule has 1 rings (SSSR count). The number of rotatable bonds is 15. The molecule has 0 atom stereocenters. The van der Waals surface area contributed by atoms with Gasteiger partial charge >= 0.3 is 0 Å². The van der Waals surface area contributed by atoms with Crippen molar-refractivity contribution in [2.45, 2.75) is 103 Å². The molecule has 0 aromatic heterocycles. The molecule has 0 aliphatic carbocycles. The van der Waals surface area contributed by atoms with Crippen molar-refractivity contribution in [1.29, 1.82) is 5.26 Å². The third kappa shape index (κ3) is 10.6. The van der Waals surface area contributed by atoms with E-state index in [1.54, 1.807) is 0 Å². The number of hydrogen-bond acceptors (Lipinski definition) is 1. The lowest BCUT2D eigenvalue weighted by Crippen LogP contribution is -1.92. The Labute approximate surface area is 160 Å². The van der Waals surface area contributed by atoms with Gasteiger partial charge in [0, 0.05) is 5.02 Å². The molecule has 1 aromatic carbocycles. The second-order valence-corrected chi connectivity index (χ2v) is 7.63. The number of benzene rings is 1. The van der Waals surface area contributed by atoms with Gasteiger partial charge in [-0.05, 0) is 30.5 Å². The van der Waals surface area contributed by atoms with E-state index in [2.05, 4.69) is 13.0 Å². The van der Waals surface area contributed by atoms with Crippen LogP contribution in [0.2, 0.25) is 5.02 Å². The molecule has 0 saturated heterocycles. The van der Waals surface area contributed by atoms with Gasteiger partial charge in [0.2, 0.25) is 0 Å². The van der Waals surface area contributed by atoms with Crippen LogP contribution < -0.4 is 0 Å². The first-order chi connectivity index (χ1) is 12.3. The summed E-state index contributed by atoms with van der Waals surface area (Å²) in [5, 5.41) is 9.89. The molecule has 0 aliphatic rings. The molecule has 0 bridgehead atoms. The van der Waals surface area contributed by atoms with Crippen LogP contribution in [0.25, 0.3) is 0 Å². The van der Waals surface area contributed by atoms with E-state index < -0.39 is 0 Å². The lowest BCUT2D eigenvalue weighted by molar-refractivity contribution is 0.535. The molecular formula is C23H36ClN. The normalized spacial score (nSPS) is 10.8. The van der Waals surface area contributed by atoms with Crippen molar-refractivity contribution in [3.05, 3.63) is 34.3 Å². The maximum Gasteiger partial charge on any atom is 0.0995 e.